The van der Waals surface area contributed by atoms with Gasteiger partial charge in [-0.25, -0.2) is 0 Å². The van der Waals surface area contributed by atoms with Gasteiger partial charge in [-0.05, 0) is 29.4 Å². The fourth-order valence-electron chi connectivity index (χ4n) is 2.29. The molecule has 0 saturated heterocycles. The number of hydrogen-bond donors (Lipinski definition) is 0. The van der Waals surface area contributed by atoms with E-state index in [4.69, 9.17) is 9.73 Å². The first-order valence-electron chi connectivity index (χ1n) is 7.31. The minimum atomic E-state index is 0.0397. The van der Waals surface area contributed by atoms with Crippen molar-refractivity contribution < 1.29 is 4.74 Å². The maximum atomic E-state index is 5.34. The normalized spacial score (nSPS) is 11.9. The first-order valence-corrected chi connectivity index (χ1v) is 8.54. The SMILES string of the molecule is COc1ccc(C(C)(C)C)c(N=Cc2ccccc2SC)c1. The molecule has 3 heteroatoms. The lowest BCUT2D eigenvalue weighted by Gasteiger charge is -2.21. The van der Waals surface area contributed by atoms with Crippen molar-refractivity contribution in [1.29, 1.82) is 0 Å². The van der Waals surface area contributed by atoms with Crippen LogP contribution in [0.25, 0.3) is 0 Å². The van der Waals surface area contributed by atoms with E-state index in [1.165, 1.54) is 10.5 Å². The van der Waals surface area contributed by atoms with Crippen LogP contribution < -0.4 is 4.74 Å². The fourth-order valence-corrected chi connectivity index (χ4v) is 2.86. The predicted octanol–water partition coefficient (Wildman–Crippen LogP) is 5.47. The Balaban J connectivity index is 2.45. The Morgan fingerprint density at radius 3 is 2.45 bits per heavy atom. The van der Waals surface area contributed by atoms with Gasteiger partial charge in [0.15, 0.2) is 0 Å². The van der Waals surface area contributed by atoms with Crippen LogP contribution in [0.1, 0.15) is 31.9 Å². The van der Waals surface area contributed by atoms with Crippen molar-refractivity contribution in [1.82, 2.24) is 0 Å². The van der Waals surface area contributed by atoms with Crippen LogP contribution in [0.2, 0.25) is 0 Å². The fraction of sp³-hybridized carbons (Fsp3) is 0.316. The molecule has 0 aliphatic carbocycles. The minimum Gasteiger partial charge on any atom is -0.497 e. The Bertz CT molecular complexity index is 671. The molecule has 0 bridgehead atoms. The summed E-state index contributed by atoms with van der Waals surface area (Å²) in [5, 5.41) is 0. The third-order valence-electron chi connectivity index (χ3n) is 3.49. The molecule has 2 aromatic carbocycles. The van der Waals surface area contributed by atoms with Gasteiger partial charge >= 0.3 is 0 Å². The van der Waals surface area contributed by atoms with E-state index in [-0.39, 0.29) is 5.41 Å². The summed E-state index contributed by atoms with van der Waals surface area (Å²) in [6.07, 6.45) is 4.02. The smallest absolute Gasteiger partial charge is 0.121 e. The molecule has 0 unspecified atom stereocenters. The number of hydrogen-bond acceptors (Lipinski definition) is 3. The van der Waals surface area contributed by atoms with Crippen molar-refractivity contribution in [2.24, 2.45) is 4.99 Å². The van der Waals surface area contributed by atoms with E-state index in [1.54, 1.807) is 18.9 Å². The number of aliphatic imine (C=N–C) groups is 1. The Kier molecular flexibility index (Phi) is 5.30. The van der Waals surface area contributed by atoms with Gasteiger partial charge in [-0.3, -0.25) is 4.99 Å². The van der Waals surface area contributed by atoms with Gasteiger partial charge in [0.2, 0.25) is 0 Å². The lowest BCUT2D eigenvalue weighted by molar-refractivity contribution is 0.414. The zero-order valence-electron chi connectivity index (χ0n) is 13.9. The molecule has 0 heterocycles. The molecule has 2 rings (SSSR count). The zero-order chi connectivity index (χ0) is 16.2. The summed E-state index contributed by atoms with van der Waals surface area (Å²) in [4.78, 5) is 5.97. The van der Waals surface area contributed by atoms with Crippen molar-refractivity contribution >= 4 is 23.7 Å². The standard InChI is InChI=1S/C19H23NOS/c1-19(2,3)16-11-10-15(21-4)12-17(16)20-13-14-8-6-7-9-18(14)22-5/h6-13H,1-5H3. The lowest BCUT2D eigenvalue weighted by atomic mass is 9.86. The second-order valence-corrected chi connectivity index (χ2v) is 6.98. The van der Waals surface area contributed by atoms with Crippen LogP contribution in [0, 0.1) is 0 Å². The van der Waals surface area contributed by atoms with Crippen LogP contribution in [0.3, 0.4) is 0 Å². The summed E-state index contributed by atoms with van der Waals surface area (Å²) < 4.78 is 5.34. The van der Waals surface area contributed by atoms with Crippen molar-refractivity contribution in [2.45, 2.75) is 31.1 Å². The van der Waals surface area contributed by atoms with E-state index < -0.39 is 0 Å². The van der Waals surface area contributed by atoms with Crippen molar-refractivity contribution in [3.8, 4) is 5.75 Å². The summed E-state index contributed by atoms with van der Waals surface area (Å²) in [6.45, 7) is 6.59. The molecule has 0 radical (unpaired) electrons. The largest absolute Gasteiger partial charge is 0.497 e. The molecule has 0 aromatic heterocycles. The average molecular weight is 313 g/mol. The topological polar surface area (TPSA) is 21.6 Å². The molecule has 116 valence electrons. The monoisotopic (exact) mass is 313 g/mol. The van der Waals surface area contributed by atoms with E-state index in [1.807, 2.05) is 24.4 Å². The van der Waals surface area contributed by atoms with Gasteiger partial charge in [0.25, 0.3) is 0 Å². The highest BCUT2D eigenvalue weighted by molar-refractivity contribution is 7.98. The second-order valence-electron chi connectivity index (χ2n) is 6.13. The van der Waals surface area contributed by atoms with Gasteiger partial charge in [0.1, 0.15) is 5.75 Å². The number of thioether (sulfide) groups is 1. The molecule has 0 aliphatic heterocycles. The third kappa shape index (κ3) is 3.92. The molecule has 0 fully saturated rings. The highest BCUT2D eigenvalue weighted by Crippen LogP contribution is 2.34. The summed E-state index contributed by atoms with van der Waals surface area (Å²) in [7, 11) is 1.68. The molecule has 0 atom stereocenters. The highest BCUT2D eigenvalue weighted by atomic mass is 32.2. The Labute approximate surface area is 137 Å². The molecular formula is C19H23NOS. The van der Waals surface area contributed by atoms with Crippen LogP contribution in [0.5, 0.6) is 5.75 Å². The van der Waals surface area contributed by atoms with E-state index in [9.17, 15) is 0 Å². The van der Waals surface area contributed by atoms with Gasteiger partial charge in [-0.1, -0.05) is 45.0 Å². The van der Waals surface area contributed by atoms with Gasteiger partial charge in [-0.2, -0.15) is 0 Å². The molecular weight excluding hydrogens is 290 g/mol. The Morgan fingerprint density at radius 1 is 1.09 bits per heavy atom. The van der Waals surface area contributed by atoms with Crippen molar-refractivity contribution in [3.63, 3.8) is 0 Å². The summed E-state index contributed by atoms with van der Waals surface area (Å²) in [5.41, 5.74) is 3.35. The number of benzene rings is 2. The minimum absolute atomic E-state index is 0.0397. The quantitative estimate of drug-likeness (QED) is 0.552. The van der Waals surface area contributed by atoms with Crippen LogP contribution in [0.15, 0.2) is 52.4 Å². The van der Waals surface area contributed by atoms with Crippen molar-refractivity contribution in [2.75, 3.05) is 13.4 Å². The van der Waals surface area contributed by atoms with Crippen LogP contribution in [-0.4, -0.2) is 19.6 Å². The van der Waals surface area contributed by atoms with Gasteiger partial charge < -0.3 is 4.74 Å². The predicted molar refractivity (Wildman–Crippen MR) is 97.2 cm³/mol. The van der Waals surface area contributed by atoms with Crippen LogP contribution in [0.4, 0.5) is 5.69 Å². The molecule has 2 nitrogen and oxygen atoms in total. The maximum Gasteiger partial charge on any atom is 0.121 e. The maximum absolute atomic E-state index is 5.34. The number of nitrogens with zero attached hydrogens (tertiary/aromatic N) is 1. The van der Waals surface area contributed by atoms with Gasteiger partial charge in [0.05, 0.1) is 12.8 Å². The summed E-state index contributed by atoms with van der Waals surface area (Å²) in [5.74, 6) is 0.832. The lowest BCUT2D eigenvalue weighted by Crippen LogP contribution is -2.11. The van der Waals surface area contributed by atoms with Gasteiger partial charge in [0, 0.05) is 22.7 Å². The zero-order valence-corrected chi connectivity index (χ0v) is 14.7. The molecule has 0 N–H and O–H groups in total. The van der Waals surface area contributed by atoms with Crippen molar-refractivity contribution in [3.05, 3.63) is 53.6 Å². The molecule has 0 saturated carbocycles. The summed E-state index contributed by atoms with van der Waals surface area (Å²) in [6, 6.07) is 14.4. The molecule has 2 aromatic rings. The average Bonchev–Trinajstić information content (AvgIpc) is 2.51. The van der Waals surface area contributed by atoms with Crippen LogP contribution >= 0.6 is 11.8 Å². The molecule has 0 aliphatic rings. The van der Waals surface area contributed by atoms with E-state index in [0.29, 0.717) is 0 Å². The first-order chi connectivity index (χ1) is 10.5. The van der Waals surface area contributed by atoms with Gasteiger partial charge in [-0.15, -0.1) is 11.8 Å². The summed E-state index contributed by atoms with van der Waals surface area (Å²) >= 11 is 1.73. The van der Waals surface area contributed by atoms with E-state index >= 15 is 0 Å². The van der Waals surface area contributed by atoms with Crippen LogP contribution in [-0.2, 0) is 5.41 Å². The molecule has 0 amide bonds. The number of methoxy groups -OCH3 is 1. The van der Waals surface area contributed by atoms with E-state index in [0.717, 1.165) is 17.0 Å². The highest BCUT2D eigenvalue weighted by Gasteiger charge is 2.18. The third-order valence-corrected chi connectivity index (χ3v) is 4.31. The second kappa shape index (κ2) is 7.01. The number of rotatable bonds is 4. The Hall–Kier alpha value is -1.74. The van der Waals surface area contributed by atoms with E-state index in [2.05, 4.69) is 51.3 Å². The molecule has 22 heavy (non-hydrogen) atoms. The molecule has 0 spiro atoms. The number of ether oxygens (including phenoxy) is 1. The Morgan fingerprint density at radius 2 is 1.82 bits per heavy atom. The first kappa shape index (κ1) is 16.6.